The van der Waals surface area contributed by atoms with Crippen molar-refractivity contribution in [3.63, 3.8) is 0 Å². The minimum Gasteiger partial charge on any atom is -0.497 e. The van der Waals surface area contributed by atoms with Crippen LogP contribution in [0, 0.1) is 0 Å². The molecular formula is C21H30IN5O3S. The zero-order chi connectivity index (χ0) is 21.6. The smallest absolute Gasteiger partial charge is 0.240 e. The number of nitrogens with zero attached hydrogens (tertiary/aromatic N) is 3. The van der Waals surface area contributed by atoms with Crippen LogP contribution >= 0.6 is 24.0 Å². The third kappa shape index (κ3) is 6.47. The normalized spacial score (nSPS) is 14.7. The van der Waals surface area contributed by atoms with Crippen LogP contribution in [0.1, 0.15) is 5.56 Å². The van der Waals surface area contributed by atoms with Crippen LogP contribution < -0.4 is 19.7 Å². The van der Waals surface area contributed by atoms with Gasteiger partial charge in [-0.3, -0.25) is 4.99 Å². The van der Waals surface area contributed by atoms with Crippen LogP contribution in [0.3, 0.4) is 0 Å². The van der Waals surface area contributed by atoms with E-state index in [1.807, 2.05) is 24.3 Å². The number of nitrogens with one attached hydrogen (secondary N) is 2. The Hall–Kier alpha value is -2.05. The Morgan fingerprint density at radius 2 is 1.77 bits per heavy atom. The monoisotopic (exact) mass is 559 g/mol. The quantitative estimate of drug-likeness (QED) is 0.321. The Bertz CT molecular complexity index is 975. The SMILES string of the molecule is CN=C(NCc1ccc(S(=O)(=O)NC)cc1)N1CCN(c2cccc(OC)c2)CC1.I. The Morgan fingerprint density at radius 3 is 2.35 bits per heavy atom. The predicted octanol–water partition coefficient (Wildman–Crippen LogP) is 2.12. The second-order valence-corrected chi connectivity index (χ2v) is 8.81. The van der Waals surface area contributed by atoms with Crippen molar-refractivity contribution in [2.45, 2.75) is 11.4 Å². The molecule has 31 heavy (non-hydrogen) atoms. The third-order valence-electron chi connectivity index (χ3n) is 5.16. The first-order valence-electron chi connectivity index (χ1n) is 9.84. The highest BCUT2D eigenvalue weighted by Gasteiger charge is 2.20. The van der Waals surface area contributed by atoms with Gasteiger partial charge in [0.05, 0.1) is 12.0 Å². The average molecular weight is 559 g/mol. The van der Waals surface area contributed by atoms with E-state index in [0.29, 0.717) is 6.54 Å². The lowest BCUT2D eigenvalue weighted by atomic mass is 10.2. The fourth-order valence-electron chi connectivity index (χ4n) is 3.40. The second kappa shape index (κ2) is 11.5. The molecule has 170 valence electrons. The van der Waals surface area contributed by atoms with Crippen molar-refractivity contribution in [3.05, 3.63) is 54.1 Å². The van der Waals surface area contributed by atoms with Crippen molar-refractivity contribution in [1.82, 2.24) is 14.9 Å². The zero-order valence-corrected chi connectivity index (χ0v) is 21.2. The number of rotatable bonds is 6. The number of anilines is 1. The van der Waals surface area contributed by atoms with Gasteiger partial charge in [0.2, 0.25) is 10.0 Å². The average Bonchev–Trinajstić information content (AvgIpc) is 2.80. The molecule has 1 heterocycles. The van der Waals surface area contributed by atoms with Gasteiger partial charge in [-0.05, 0) is 36.9 Å². The van der Waals surface area contributed by atoms with Gasteiger partial charge in [-0.15, -0.1) is 24.0 Å². The molecule has 0 saturated carbocycles. The molecule has 1 aliphatic rings. The number of halogens is 1. The molecule has 0 unspecified atom stereocenters. The van der Waals surface area contributed by atoms with Crippen molar-refractivity contribution >= 4 is 45.6 Å². The summed E-state index contributed by atoms with van der Waals surface area (Å²) in [6.07, 6.45) is 0. The minimum atomic E-state index is -3.42. The number of benzene rings is 2. The largest absolute Gasteiger partial charge is 0.497 e. The van der Waals surface area contributed by atoms with Gasteiger partial charge < -0.3 is 19.9 Å². The summed E-state index contributed by atoms with van der Waals surface area (Å²) >= 11 is 0. The number of ether oxygens (including phenoxy) is 1. The van der Waals surface area contributed by atoms with Crippen LogP contribution in [-0.4, -0.2) is 66.7 Å². The predicted molar refractivity (Wildman–Crippen MR) is 135 cm³/mol. The van der Waals surface area contributed by atoms with Gasteiger partial charge in [0, 0.05) is 51.5 Å². The maximum atomic E-state index is 11.8. The van der Waals surface area contributed by atoms with Crippen molar-refractivity contribution in [2.24, 2.45) is 4.99 Å². The molecule has 0 atom stereocenters. The van der Waals surface area contributed by atoms with E-state index in [2.05, 4.69) is 37.0 Å². The molecule has 1 fully saturated rings. The topological polar surface area (TPSA) is 86.3 Å². The molecule has 1 aliphatic heterocycles. The van der Waals surface area contributed by atoms with E-state index in [9.17, 15) is 8.42 Å². The fourth-order valence-corrected chi connectivity index (χ4v) is 4.13. The summed E-state index contributed by atoms with van der Waals surface area (Å²) in [4.78, 5) is 9.24. The van der Waals surface area contributed by atoms with Crippen molar-refractivity contribution in [2.75, 3.05) is 52.3 Å². The molecule has 3 rings (SSSR count). The molecule has 2 aromatic carbocycles. The van der Waals surface area contributed by atoms with Crippen LogP contribution in [0.15, 0.2) is 58.4 Å². The maximum absolute atomic E-state index is 11.8. The highest BCUT2D eigenvalue weighted by molar-refractivity contribution is 14.0. The van der Waals surface area contributed by atoms with Gasteiger partial charge in [0.15, 0.2) is 5.96 Å². The second-order valence-electron chi connectivity index (χ2n) is 6.93. The maximum Gasteiger partial charge on any atom is 0.240 e. The highest BCUT2D eigenvalue weighted by atomic mass is 127. The molecule has 0 bridgehead atoms. The van der Waals surface area contributed by atoms with Crippen molar-refractivity contribution in [1.29, 1.82) is 0 Å². The number of aliphatic imine (C=N–C) groups is 1. The van der Waals surface area contributed by atoms with Gasteiger partial charge in [-0.25, -0.2) is 13.1 Å². The Morgan fingerprint density at radius 1 is 1.10 bits per heavy atom. The molecule has 8 nitrogen and oxygen atoms in total. The van der Waals surface area contributed by atoms with E-state index in [4.69, 9.17) is 4.74 Å². The molecule has 1 saturated heterocycles. The number of sulfonamides is 1. The summed E-state index contributed by atoms with van der Waals surface area (Å²) < 4.78 is 31.3. The van der Waals surface area contributed by atoms with E-state index in [-0.39, 0.29) is 28.9 Å². The molecule has 2 N–H and O–H groups in total. The summed E-state index contributed by atoms with van der Waals surface area (Å²) in [5, 5.41) is 3.37. The first kappa shape index (κ1) is 25.2. The number of guanidine groups is 1. The lowest BCUT2D eigenvalue weighted by molar-refractivity contribution is 0.372. The Kier molecular flexibility index (Phi) is 9.38. The summed E-state index contributed by atoms with van der Waals surface area (Å²) in [7, 11) is 1.45. The molecular weight excluding hydrogens is 529 g/mol. The van der Waals surface area contributed by atoms with Crippen LogP contribution in [0.4, 0.5) is 5.69 Å². The van der Waals surface area contributed by atoms with E-state index >= 15 is 0 Å². The lowest BCUT2D eigenvalue weighted by Gasteiger charge is -2.37. The minimum absolute atomic E-state index is 0. The highest BCUT2D eigenvalue weighted by Crippen LogP contribution is 2.22. The molecule has 0 spiro atoms. The van der Waals surface area contributed by atoms with E-state index in [1.54, 1.807) is 26.3 Å². The zero-order valence-electron chi connectivity index (χ0n) is 18.0. The van der Waals surface area contributed by atoms with E-state index in [1.165, 1.54) is 7.05 Å². The molecule has 10 heteroatoms. The van der Waals surface area contributed by atoms with E-state index < -0.39 is 10.0 Å². The van der Waals surface area contributed by atoms with Crippen LogP contribution in [0.25, 0.3) is 0 Å². The lowest BCUT2D eigenvalue weighted by Crippen LogP contribution is -2.52. The first-order valence-corrected chi connectivity index (χ1v) is 11.3. The van der Waals surface area contributed by atoms with Gasteiger partial charge >= 0.3 is 0 Å². The third-order valence-corrected chi connectivity index (χ3v) is 6.59. The van der Waals surface area contributed by atoms with Crippen LogP contribution in [0.2, 0.25) is 0 Å². The van der Waals surface area contributed by atoms with Crippen LogP contribution in [-0.2, 0) is 16.6 Å². The molecule has 0 amide bonds. The van der Waals surface area contributed by atoms with Gasteiger partial charge in [0.25, 0.3) is 0 Å². The van der Waals surface area contributed by atoms with Gasteiger partial charge in [-0.2, -0.15) is 0 Å². The number of methoxy groups -OCH3 is 1. The fraction of sp³-hybridized carbons (Fsp3) is 0.381. The number of hydrogen-bond donors (Lipinski definition) is 2. The summed E-state index contributed by atoms with van der Waals surface area (Å²) in [5.74, 6) is 1.70. The molecule has 0 aliphatic carbocycles. The van der Waals surface area contributed by atoms with Crippen molar-refractivity contribution < 1.29 is 13.2 Å². The summed E-state index contributed by atoms with van der Waals surface area (Å²) in [5.41, 5.74) is 2.15. The summed E-state index contributed by atoms with van der Waals surface area (Å²) in [6, 6.07) is 15.0. The van der Waals surface area contributed by atoms with Gasteiger partial charge in [-0.1, -0.05) is 18.2 Å². The molecule has 0 radical (unpaired) electrons. The standard InChI is InChI=1S/C21H29N5O3S.HI/c1-22-21(24-16-17-7-9-20(10-8-17)30(27,28)23-2)26-13-11-25(12-14-26)18-5-4-6-19(15-18)29-3;/h4-10,15,23H,11-14,16H2,1-3H3,(H,22,24);1H. The van der Waals surface area contributed by atoms with E-state index in [0.717, 1.165) is 49.1 Å². The Labute approximate surface area is 201 Å². The Balaban J connectivity index is 0.00000341. The van der Waals surface area contributed by atoms with Crippen molar-refractivity contribution in [3.8, 4) is 5.75 Å². The molecule has 0 aromatic heterocycles. The van der Waals surface area contributed by atoms with Crippen LogP contribution in [0.5, 0.6) is 5.75 Å². The number of hydrogen-bond acceptors (Lipinski definition) is 5. The first-order chi connectivity index (χ1) is 14.5. The molecule has 2 aromatic rings. The van der Waals surface area contributed by atoms with Gasteiger partial charge in [0.1, 0.15) is 5.75 Å². The summed E-state index contributed by atoms with van der Waals surface area (Å²) in [6.45, 7) is 4.07. The number of piperazine rings is 1.